The summed E-state index contributed by atoms with van der Waals surface area (Å²) in [5, 5.41) is 18.4. The molecule has 0 aliphatic carbocycles. The summed E-state index contributed by atoms with van der Waals surface area (Å²) in [7, 11) is 1.48. The SMILES string of the molecule is COc1ccccc1OC(=Cc1ccc(O)cc1)C(=O)O. The van der Waals surface area contributed by atoms with Crippen molar-refractivity contribution < 1.29 is 24.5 Å². The number of benzene rings is 2. The summed E-state index contributed by atoms with van der Waals surface area (Å²) in [6.45, 7) is 0. The molecule has 0 aromatic heterocycles. The van der Waals surface area contributed by atoms with Gasteiger partial charge in [-0.3, -0.25) is 0 Å². The van der Waals surface area contributed by atoms with Crippen molar-refractivity contribution in [1.29, 1.82) is 0 Å². The van der Waals surface area contributed by atoms with Crippen LogP contribution in [0.5, 0.6) is 17.2 Å². The molecule has 0 heterocycles. The topological polar surface area (TPSA) is 76.0 Å². The molecule has 5 nitrogen and oxygen atoms in total. The van der Waals surface area contributed by atoms with Crippen LogP contribution in [0.4, 0.5) is 0 Å². The minimum atomic E-state index is -1.20. The number of phenolic OH excluding ortho intramolecular Hbond substituents is 1. The second kappa shape index (κ2) is 6.47. The van der Waals surface area contributed by atoms with Crippen LogP contribution in [-0.4, -0.2) is 23.3 Å². The maximum absolute atomic E-state index is 11.3. The average molecular weight is 286 g/mol. The first-order valence-electron chi connectivity index (χ1n) is 6.15. The second-order valence-electron chi connectivity index (χ2n) is 4.16. The van der Waals surface area contributed by atoms with E-state index in [9.17, 15) is 15.0 Å². The molecule has 0 fully saturated rings. The van der Waals surface area contributed by atoms with Crippen molar-refractivity contribution in [2.75, 3.05) is 7.11 Å². The first-order valence-corrected chi connectivity index (χ1v) is 6.15. The van der Waals surface area contributed by atoms with E-state index in [1.165, 1.54) is 25.3 Å². The summed E-state index contributed by atoms with van der Waals surface area (Å²) in [4.78, 5) is 11.3. The maximum Gasteiger partial charge on any atom is 0.371 e. The van der Waals surface area contributed by atoms with E-state index in [0.29, 0.717) is 17.1 Å². The number of rotatable bonds is 5. The fourth-order valence-electron chi connectivity index (χ4n) is 1.68. The largest absolute Gasteiger partial charge is 0.508 e. The third-order valence-corrected chi connectivity index (χ3v) is 2.69. The van der Waals surface area contributed by atoms with Gasteiger partial charge in [0.2, 0.25) is 5.76 Å². The number of ether oxygens (including phenoxy) is 2. The van der Waals surface area contributed by atoms with Gasteiger partial charge in [0.1, 0.15) is 5.75 Å². The van der Waals surface area contributed by atoms with Gasteiger partial charge in [-0.15, -0.1) is 0 Å². The molecule has 2 rings (SSSR count). The Hall–Kier alpha value is -2.95. The number of aliphatic carboxylic acids is 1. The smallest absolute Gasteiger partial charge is 0.371 e. The lowest BCUT2D eigenvalue weighted by Crippen LogP contribution is -2.08. The van der Waals surface area contributed by atoms with Gasteiger partial charge in [0.15, 0.2) is 11.5 Å². The Bertz CT molecular complexity index is 659. The van der Waals surface area contributed by atoms with Gasteiger partial charge in [-0.25, -0.2) is 4.79 Å². The zero-order valence-corrected chi connectivity index (χ0v) is 11.3. The molecule has 0 aliphatic heterocycles. The van der Waals surface area contributed by atoms with E-state index in [1.54, 1.807) is 36.4 Å². The normalized spacial score (nSPS) is 11.0. The van der Waals surface area contributed by atoms with Crippen molar-refractivity contribution in [3.8, 4) is 17.2 Å². The Morgan fingerprint density at radius 2 is 1.67 bits per heavy atom. The number of carboxylic acids is 1. The maximum atomic E-state index is 11.3. The van der Waals surface area contributed by atoms with Crippen molar-refractivity contribution in [2.45, 2.75) is 0 Å². The van der Waals surface area contributed by atoms with E-state index in [0.717, 1.165) is 0 Å². The van der Waals surface area contributed by atoms with Crippen LogP contribution in [0.25, 0.3) is 6.08 Å². The van der Waals surface area contributed by atoms with E-state index < -0.39 is 5.97 Å². The Morgan fingerprint density at radius 3 is 2.24 bits per heavy atom. The number of carbonyl (C=O) groups is 1. The quantitative estimate of drug-likeness (QED) is 0.653. The fraction of sp³-hybridized carbons (Fsp3) is 0.0625. The minimum Gasteiger partial charge on any atom is -0.508 e. The molecule has 0 saturated carbocycles. The van der Waals surface area contributed by atoms with Gasteiger partial charge >= 0.3 is 5.97 Å². The van der Waals surface area contributed by atoms with Gasteiger partial charge in [-0.05, 0) is 35.9 Å². The molecule has 0 bridgehead atoms. The third kappa shape index (κ3) is 3.76. The molecule has 2 N–H and O–H groups in total. The Labute approximate surface area is 121 Å². The van der Waals surface area contributed by atoms with Crippen LogP contribution >= 0.6 is 0 Å². The van der Waals surface area contributed by atoms with Crippen LogP contribution in [0.15, 0.2) is 54.3 Å². The van der Waals surface area contributed by atoms with E-state index >= 15 is 0 Å². The van der Waals surface area contributed by atoms with E-state index in [1.807, 2.05) is 0 Å². The molecule has 0 spiro atoms. The monoisotopic (exact) mass is 286 g/mol. The van der Waals surface area contributed by atoms with Gasteiger partial charge in [-0.1, -0.05) is 24.3 Å². The summed E-state index contributed by atoms with van der Waals surface area (Å²) in [6.07, 6.45) is 1.37. The number of carboxylic acid groups (broad SMARTS) is 1. The van der Waals surface area contributed by atoms with Crippen molar-refractivity contribution in [3.05, 3.63) is 59.9 Å². The number of methoxy groups -OCH3 is 1. The summed E-state index contributed by atoms with van der Waals surface area (Å²) in [5.41, 5.74) is 0.597. The zero-order chi connectivity index (χ0) is 15.2. The zero-order valence-electron chi connectivity index (χ0n) is 11.3. The van der Waals surface area contributed by atoms with Crippen LogP contribution in [0.1, 0.15) is 5.56 Å². The molecule has 0 atom stereocenters. The summed E-state index contributed by atoms with van der Waals surface area (Å²) < 4.78 is 10.5. The molecule has 5 heteroatoms. The number of aromatic hydroxyl groups is 1. The molecule has 0 saturated heterocycles. The molecular weight excluding hydrogens is 272 g/mol. The van der Waals surface area contributed by atoms with Gasteiger partial charge in [0.25, 0.3) is 0 Å². The van der Waals surface area contributed by atoms with Gasteiger partial charge < -0.3 is 19.7 Å². The van der Waals surface area contributed by atoms with E-state index in [4.69, 9.17) is 9.47 Å². The first kappa shape index (κ1) is 14.5. The molecule has 2 aromatic carbocycles. The summed E-state index contributed by atoms with van der Waals surface area (Å²) in [6, 6.07) is 12.9. The van der Waals surface area contributed by atoms with Crippen LogP contribution in [0.2, 0.25) is 0 Å². The predicted molar refractivity (Wildman–Crippen MR) is 77.3 cm³/mol. The van der Waals surface area contributed by atoms with Crippen molar-refractivity contribution in [3.63, 3.8) is 0 Å². The second-order valence-corrected chi connectivity index (χ2v) is 4.16. The van der Waals surface area contributed by atoms with Crippen molar-refractivity contribution >= 4 is 12.0 Å². The van der Waals surface area contributed by atoms with E-state index in [-0.39, 0.29) is 11.5 Å². The molecule has 0 radical (unpaired) electrons. The molecule has 0 unspecified atom stereocenters. The van der Waals surface area contributed by atoms with Crippen LogP contribution in [0.3, 0.4) is 0 Å². The van der Waals surface area contributed by atoms with Gasteiger partial charge in [0.05, 0.1) is 7.11 Å². The Kier molecular flexibility index (Phi) is 4.46. The Morgan fingerprint density at radius 1 is 1.05 bits per heavy atom. The highest BCUT2D eigenvalue weighted by Gasteiger charge is 2.13. The molecule has 2 aromatic rings. The fourth-order valence-corrected chi connectivity index (χ4v) is 1.68. The molecule has 21 heavy (non-hydrogen) atoms. The van der Waals surface area contributed by atoms with Crippen molar-refractivity contribution in [2.24, 2.45) is 0 Å². The van der Waals surface area contributed by atoms with Crippen LogP contribution in [-0.2, 0) is 4.79 Å². The van der Waals surface area contributed by atoms with Gasteiger partial charge in [-0.2, -0.15) is 0 Å². The predicted octanol–water partition coefficient (Wildman–Crippen LogP) is 2.91. The van der Waals surface area contributed by atoms with Crippen molar-refractivity contribution in [1.82, 2.24) is 0 Å². The highest BCUT2D eigenvalue weighted by molar-refractivity contribution is 5.90. The number of para-hydroxylation sites is 2. The molecule has 0 aliphatic rings. The Balaban J connectivity index is 2.31. The lowest BCUT2D eigenvalue weighted by atomic mass is 10.2. The van der Waals surface area contributed by atoms with E-state index in [2.05, 4.69) is 0 Å². The number of hydrogen-bond donors (Lipinski definition) is 2. The highest BCUT2D eigenvalue weighted by atomic mass is 16.5. The lowest BCUT2D eigenvalue weighted by Gasteiger charge is -2.10. The van der Waals surface area contributed by atoms with Crippen LogP contribution < -0.4 is 9.47 Å². The van der Waals surface area contributed by atoms with Crippen LogP contribution in [0, 0.1) is 0 Å². The summed E-state index contributed by atoms with van der Waals surface area (Å²) >= 11 is 0. The standard InChI is InChI=1S/C16H14O5/c1-20-13-4-2-3-5-14(13)21-15(16(18)19)10-11-6-8-12(17)9-7-11/h2-10,17H,1H3,(H,18,19). The lowest BCUT2D eigenvalue weighted by molar-refractivity contribution is -0.134. The molecule has 108 valence electrons. The first-order chi connectivity index (χ1) is 10.1. The van der Waals surface area contributed by atoms with Gasteiger partial charge in [0, 0.05) is 0 Å². The third-order valence-electron chi connectivity index (χ3n) is 2.69. The average Bonchev–Trinajstić information content (AvgIpc) is 2.49. The minimum absolute atomic E-state index is 0.106. The molecular formula is C16H14O5. The highest BCUT2D eigenvalue weighted by Crippen LogP contribution is 2.28. The molecule has 0 amide bonds. The number of hydrogen-bond acceptors (Lipinski definition) is 4. The number of phenols is 1. The summed E-state index contributed by atoms with van der Waals surface area (Å²) in [5.74, 6) is -0.586.